The van der Waals surface area contributed by atoms with E-state index < -0.39 is 53.4 Å². The van der Waals surface area contributed by atoms with Gasteiger partial charge in [-0.05, 0) is 142 Å². The number of rotatable bonds is 66. The highest BCUT2D eigenvalue weighted by molar-refractivity contribution is 6.15. The summed E-state index contributed by atoms with van der Waals surface area (Å²) in [5.74, 6) is -4.99. The molecule has 4 aliphatic rings. The molecule has 8 aromatic rings. The lowest BCUT2D eigenvalue weighted by Gasteiger charge is -2.24. The van der Waals surface area contributed by atoms with Crippen LogP contribution in [0.15, 0.2) is 194 Å². The number of carboxylic acids is 1. The molecule has 0 saturated heterocycles. The number of esters is 7. The second kappa shape index (κ2) is 71.2. The van der Waals surface area contributed by atoms with Gasteiger partial charge >= 0.3 is 53.8 Å². The number of hydrogen-bond donors (Lipinski definition) is 3. The molecule has 0 bridgehead atoms. The minimum atomic E-state index is -1.00. The van der Waals surface area contributed by atoms with Crippen LogP contribution in [0.5, 0.6) is 0 Å². The van der Waals surface area contributed by atoms with Gasteiger partial charge in [-0.2, -0.15) is 0 Å². The Labute approximate surface area is 881 Å². The van der Waals surface area contributed by atoms with Crippen molar-refractivity contribution >= 4 is 82.9 Å². The molecule has 0 radical (unpaired) electrons. The van der Waals surface area contributed by atoms with Crippen LogP contribution in [0.1, 0.15) is 160 Å². The van der Waals surface area contributed by atoms with Crippen LogP contribution in [-0.2, 0) is 147 Å². The first-order valence-electron chi connectivity index (χ1n) is 50.3. The van der Waals surface area contributed by atoms with Gasteiger partial charge in [0, 0.05) is 102 Å². The third-order valence-electron chi connectivity index (χ3n) is 23.6. The van der Waals surface area contributed by atoms with E-state index in [1.54, 1.807) is 20.8 Å². The number of amides is 2. The maximum Gasteiger partial charge on any atom is 0.407 e. The van der Waals surface area contributed by atoms with Crippen LogP contribution in [0.25, 0.3) is 44.5 Å². The lowest BCUT2D eigenvalue weighted by molar-refractivity contribution is -0.164. The monoisotopic (exact) mass is 2100 g/mol. The number of halogens is 1. The van der Waals surface area contributed by atoms with E-state index in [0.29, 0.717) is 137 Å². The number of alkyl carbamates (subject to hydrolysis) is 1. The summed E-state index contributed by atoms with van der Waals surface area (Å²) in [6.45, 7) is 11.9. The minimum Gasteiger partial charge on any atom is -0.480 e. The largest absolute Gasteiger partial charge is 0.480 e. The summed E-state index contributed by atoms with van der Waals surface area (Å²) in [5.41, 5.74) is 18.0. The second-order valence-corrected chi connectivity index (χ2v) is 35.4. The molecule has 814 valence electrons. The molecule has 35 nitrogen and oxygen atoms in total. The molecule has 150 heavy (non-hydrogen) atoms. The van der Waals surface area contributed by atoms with Crippen molar-refractivity contribution in [2.24, 2.45) is 5.92 Å². The van der Waals surface area contributed by atoms with E-state index in [0.717, 1.165) is 22.3 Å². The lowest BCUT2D eigenvalue weighted by Crippen LogP contribution is -2.32. The number of carboxylic acid groups (broad SMARTS) is 1. The Morgan fingerprint density at radius 1 is 0.293 bits per heavy atom. The Kier molecular flexibility index (Phi) is 58.2. The molecule has 8 aromatic carbocycles. The smallest absolute Gasteiger partial charge is 0.407 e. The average molecular weight is 2100 g/mol. The van der Waals surface area contributed by atoms with E-state index in [1.165, 1.54) is 94.5 Å². The van der Waals surface area contributed by atoms with Crippen LogP contribution in [0.2, 0.25) is 0 Å². The Bertz CT molecular complexity index is 5290. The molecule has 0 saturated carbocycles. The number of ketones is 2. The fourth-order valence-electron chi connectivity index (χ4n) is 16.5. The van der Waals surface area contributed by atoms with Crippen molar-refractivity contribution < 1.29 is 157 Å². The number of fused-ring (bicyclic) bond motifs is 12. The minimum absolute atomic E-state index is 0.0139. The highest BCUT2D eigenvalue weighted by atomic mass is 35.5. The van der Waals surface area contributed by atoms with Crippen molar-refractivity contribution in [1.82, 2.24) is 10.6 Å². The van der Waals surface area contributed by atoms with Gasteiger partial charge in [0.1, 0.15) is 71.7 Å². The van der Waals surface area contributed by atoms with E-state index in [4.69, 9.17) is 85.6 Å². The number of alkyl halides is 1. The number of carbonyl (C=O) groups is 12. The second-order valence-electron chi connectivity index (χ2n) is 35.4. The Morgan fingerprint density at radius 2 is 0.547 bits per heavy atom. The number of aliphatic carboxylic acids is 1. The quantitative estimate of drug-likeness (QED) is 0.0138. The van der Waals surface area contributed by atoms with E-state index >= 15 is 0 Å². The van der Waals surface area contributed by atoms with E-state index in [9.17, 15) is 57.5 Å². The number of hydrogen-bond acceptors (Lipinski definition) is 32. The van der Waals surface area contributed by atoms with Crippen molar-refractivity contribution in [3.8, 4) is 44.5 Å². The van der Waals surface area contributed by atoms with E-state index in [2.05, 4.69) is 121 Å². The normalized spacial score (nSPS) is 12.3. The zero-order valence-corrected chi connectivity index (χ0v) is 87.5. The van der Waals surface area contributed by atoms with Crippen molar-refractivity contribution in [3.63, 3.8) is 0 Å². The first kappa shape index (κ1) is 123. The number of ether oxygens (including phenoxy) is 20. The third kappa shape index (κ3) is 44.9. The summed E-state index contributed by atoms with van der Waals surface area (Å²) in [7, 11) is 3.89. The topological polar surface area (TPSA) is 434 Å². The predicted octanol–water partition coefficient (Wildman–Crippen LogP) is 14.7. The molecule has 36 heteroatoms. The number of methoxy groups -OCH3 is 3. The molecule has 0 unspecified atom stereocenters. The first-order chi connectivity index (χ1) is 72.9. The average Bonchev–Trinajstić information content (AvgIpc) is 1.63. The van der Waals surface area contributed by atoms with Crippen molar-refractivity contribution in [3.05, 3.63) is 239 Å². The zero-order valence-electron chi connectivity index (χ0n) is 86.7. The molecule has 2 amide bonds. The van der Waals surface area contributed by atoms with Crippen LogP contribution in [0.3, 0.4) is 0 Å². The first-order valence-corrected chi connectivity index (χ1v) is 51.1. The van der Waals surface area contributed by atoms with Crippen LogP contribution in [0.4, 0.5) is 4.79 Å². The summed E-state index contributed by atoms with van der Waals surface area (Å²) in [4.78, 5) is 142. The number of nitrogens with one attached hydrogen (secondary N) is 2. The van der Waals surface area contributed by atoms with Gasteiger partial charge in [0.15, 0.2) is 11.6 Å². The fraction of sp³-hybridized carbons (Fsp3) is 0.474. The third-order valence-corrected chi connectivity index (χ3v) is 23.6. The highest BCUT2D eigenvalue weighted by Gasteiger charge is 2.36. The molecular formula is C114H143ClN2O33. The van der Waals surface area contributed by atoms with Crippen LogP contribution < -0.4 is 10.6 Å². The van der Waals surface area contributed by atoms with Crippen LogP contribution >= 0.6 is 11.6 Å². The number of benzene rings is 8. The van der Waals surface area contributed by atoms with Gasteiger partial charge in [-0.15, -0.1) is 11.6 Å². The van der Waals surface area contributed by atoms with Gasteiger partial charge in [0.2, 0.25) is 5.91 Å². The summed E-state index contributed by atoms with van der Waals surface area (Å²) >= 11 is 4.64. The van der Waals surface area contributed by atoms with Gasteiger partial charge in [-0.25, -0.2) is 24.0 Å². The standard InChI is InChI=1S/C39H53NO12.C29H37NO9.C23H26O6.C22H24O6.CH3Cl/c1-39(2,3)52-38(45)28(24-36(43)51-26-34-32-13-7-5-11-30(32)31-12-6-8-14-33(31)34)15-16-35(42)40-17-19-48-21-22-49-25-29(41)10-9-18-47-20-23-50-27-37(44)46-4;1-34-28(32)21-38-18-15-35-13-6-7-22(31)19-37-17-16-36-14-12-30-29(33)39-20-27-25-10-4-2-8-23(25)24-9-3-5-11-26(24)27;1-26-23(25)16-28-14-13-27-12-6-11-22(24)29-15-21-19-9-4-2-7-17(19)18-8-3-5-10-20(18)21;23-21(24)15-27-13-12-26-11-5-10-22(25)28-14-20-18-8-3-1-6-16(18)17-7-2-4-9-19(17)20;1-2/h5-8,11-14,28,34H,9-10,15-27H2,1-4H3,(H,40,42);2-5,8-11,27H,6-7,12-21H2,1H3,(H,30,33);2-5,7-10,21H,6,11-16H2,1H3;1-4,6-9,20H,5,10-15H2,(H,23,24);1H3/t28-;;;;/m1..../s1. The molecule has 0 aliphatic heterocycles. The molecule has 4 aliphatic carbocycles. The molecule has 0 aromatic heterocycles. The van der Waals surface area contributed by atoms with Crippen molar-refractivity contribution in [2.75, 3.05) is 226 Å². The Hall–Kier alpha value is -12.6. The van der Waals surface area contributed by atoms with Gasteiger partial charge in [0.05, 0.1) is 126 Å². The maximum absolute atomic E-state index is 13.0. The van der Waals surface area contributed by atoms with Gasteiger partial charge < -0.3 is 110 Å². The molecular weight excluding hydrogens is 1960 g/mol. The van der Waals surface area contributed by atoms with Gasteiger partial charge in [-0.3, -0.25) is 33.6 Å². The van der Waals surface area contributed by atoms with Crippen LogP contribution in [0, 0.1) is 5.92 Å². The Balaban J connectivity index is 0.000000249. The lowest BCUT2D eigenvalue weighted by atomic mass is 9.97. The SMILES string of the molecule is CCl.COC(=O)COCCOCCCC(=O)COCCOCCNC(=O)CC[C@H](CC(=O)OCC1c2ccccc2-c2ccccc21)C(=O)OC(C)(C)C.COC(=O)COCCOCCCC(=O)COCCOCCNC(=O)OCC1c2ccccc2-c2ccccc21.COC(=O)COCCOCCCC(=O)OCC1c2ccccc2-c2ccccc21.O=C(O)COCCOCCCC(=O)OCC1c2ccccc2-c2ccccc21. The molecule has 0 fully saturated rings. The van der Waals surface area contributed by atoms with Gasteiger partial charge in [0.25, 0.3) is 0 Å². The van der Waals surface area contributed by atoms with Crippen molar-refractivity contribution in [2.45, 2.75) is 121 Å². The zero-order chi connectivity index (χ0) is 108. The fourth-order valence-corrected chi connectivity index (χ4v) is 16.5. The maximum atomic E-state index is 13.0. The van der Waals surface area contributed by atoms with E-state index in [1.807, 2.05) is 109 Å². The Morgan fingerprint density at radius 3 is 0.840 bits per heavy atom. The summed E-state index contributed by atoms with van der Waals surface area (Å²) in [5, 5.41) is 13.9. The molecule has 12 rings (SSSR count). The predicted molar refractivity (Wildman–Crippen MR) is 556 cm³/mol. The molecule has 1 atom stereocenters. The summed E-state index contributed by atoms with van der Waals surface area (Å²) in [6.07, 6.45) is 4.43. The van der Waals surface area contributed by atoms with E-state index in [-0.39, 0.29) is 184 Å². The molecule has 0 spiro atoms. The molecule has 3 N–H and O–H groups in total. The van der Waals surface area contributed by atoms with Gasteiger partial charge in [-0.1, -0.05) is 194 Å². The summed E-state index contributed by atoms with van der Waals surface area (Å²) in [6, 6.07) is 65.5. The molecule has 0 heterocycles. The number of carbonyl (C=O) groups excluding carboxylic acids is 11. The van der Waals surface area contributed by atoms with Crippen molar-refractivity contribution in [1.29, 1.82) is 0 Å². The highest BCUT2D eigenvalue weighted by Crippen LogP contribution is 2.49. The number of Topliss-reactive ketones (excluding diaryl/α,β-unsaturated/α-hetero) is 2. The summed E-state index contributed by atoms with van der Waals surface area (Å²) < 4.78 is 104. The van der Waals surface area contributed by atoms with Crippen LogP contribution in [-0.4, -0.2) is 308 Å².